The number of nitrogens with one attached hydrogen (secondary N) is 1. The first-order valence-corrected chi connectivity index (χ1v) is 9.95. The number of nitrogens with zero attached hydrogens (tertiary/aromatic N) is 1. The predicted octanol–water partition coefficient (Wildman–Crippen LogP) is 4.27. The summed E-state index contributed by atoms with van der Waals surface area (Å²) in [4.78, 5) is 0. The van der Waals surface area contributed by atoms with Crippen molar-refractivity contribution in [2.24, 2.45) is 0 Å². The van der Waals surface area contributed by atoms with Crippen molar-refractivity contribution in [3.05, 3.63) is 48.7 Å². The van der Waals surface area contributed by atoms with Crippen molar-refractivity contribution >= 4 is 26.6 Å². The monoisotopic (exact) mass is 358 g/mol. The Morgan fingerprint density at radius 1 is 1.08 bits per heavy atom. The SMILES string of the molecule is COc1ccccc1-c1cn(C(C)C)c2cc(NS(C)(=O)=O)ccc12. The lowest BCUT2D eigenvalue weighted by atomic mass is 10.0. The third kappa shape index (κ3) is 3.49. The van der Waals surface area contributed by atoms with Crippen molar-refractivity contribution in [3.8, 4) is 16.9 Å². The van der Waals surface area contributed by atoms with Gasteiger partial charge in [-0.15, -0.1) is 0 Å². The number of aromatic nitrogens is 1. The molecule has 0 saturated heterocycles. The summed E-state index contributed by atoms with van der Waals surface area (Å²) >= 11 is 0. The van der Waals surface area contributed by atoms with E-state index in [-0.39, 0.29) is 6.04 Å². The highest BCUT2D eigenvalue weighted by Gasteiger charge is 2.16. The van der Waals surface area contributed by atoms with Gasteiger partial charge >= 0.3 is 0 Å². The van der Waals surface area contributed by atoms with Gasteiger partial charge < -0.3 is 9.30 Å². The minimum Gasteiger partial charge on any atom is -0.496 e. The van der Waals surface area contributed by atoms with E-state index in [0.29, 0.717) is 5.69 Å². The van der Waals surface area contributed by atoms with E-state index in [1.165, 1.54) is 0 Å². The summed E-state index contributed by atoms with van der Waals surface area (Å²) in [7, 11) is -1.65. The van der Waals surface area contributed by atoms with E-state index in [9.17, 15) is 8.42 Å². The lowest BCUT2D eigenvalue weighted by molar-refractivity contribution is 0.416. The Bertz CT molecular complexity index is 1020. The van der Waals surface area contributed by atoms with E-state index < -0.39 is 10.0 Å². The van der Waals surface area contributed by atoms with Gasteiger partial charge in [0.15, 0.2) is 0 Å². The third-order valence-corrected chi connectivity index (χ3v) is 4.70. The fourth-order valence-corrected chi connectivity index (χ4v) is 3.59. The quantitative estimate of drug-likeness (QED) is 0.741. The van der Waals surface area contributed by atoms with Crippen LogP contribution in [0.15, 0.2) is 48.7 Å². The van der Waals surface area contributed by atoms with Gasteiger partial charge in [-0.05, 0) is 32.0 Å². The molecule has 25 heavy (non-hydrogen) atoms. The van der Waals surface area contributed by atoms with Gasteiger partial charge in [0, 0.05) is 28.8 Å². The zero-order valence-electron chi connectivity index (χ0n) is 14.8. The number of para-hydroxylation sites is 1. The zero-order chi connectivity index (χ0) is 18.2. The number of sulfonamides is 1. The summed E-state index contributed by atoms with van der Waals surface area (Å²) in [6.07, 6.45) is 3.25. The molecule has 6 heteroatoms. The van der Waals surface area contributed by atoms with Crippen LogP contribution in [0.2, 0.25) is 0 Å². The van der Waals surface area contributed by atoms with Gasteiger partial charge in [-0.3, -0.25) is 4.72 Å². The summed E-state index contributed by atoms with van der Waals surface area (Å²) in [5.41, 5.74) is 3.61. The van der Waals surface area contributed by atoms with E-state index in [1.54, 1.807) is 13.2 Å². The molecule has 0 saturated carbocycles. The lowest BCUT2D eigenvalue weighted by Gasteiger charge is -2.10. The summed E-state index contributed by atoms with van der Waals surface area (Å²) in [6, 6.07) is 13.7. The molecule has 0 spiro atoms. The van der Waals surface area contributed by atoms with Crippen LogP contribution in [-0.2, 0) is 10.0 Å². The highest BCUT2D eigenvalue weighted by atomic mass is 32.2. The number of anilines is 1. The second-order valence-electron chi connectivity index (χ2n) is 6.35. The van der Waals surface area contributed by atoms with Gasteiger partial charge in [-0.1, -0.05) is 24.3 Å². The second-order valence-corrected chi connectivity index (χ2v) is 8.10. The van der Waals surface area contributed by atoms with Crippen LogP contribution in [0.5, 0.6) is 5.75 Å². The first-order valence-electron chi connectivity index (χ1n) is 8.06. The molecule has 1 N–H and O–H groups in total. The summed E-state index contributed by atoms with van der Waals surface area (Å²) < 4.78 is 33.3. The maximum atomic E-state index is 11.5. The van der Waals surface area contributed by atoms with Gasteiger partial charge in [0.2, 0.25) is 10.0 Å². The van der Waals surface area contributed by atoms with Crippen LogP contribution in [0, 0.1) is 0 Å². The molecule has 0 atom stereocenters. The molecule has 0 aliphatic carbocycles. The van der Waals surface area contributed by atoms with Crippen LogP contribution in [0.25, 0.3) is 22.0 Å². The average molecular weight is 358 g/mol. The van der Waals surface area contributed by atoms with Crippen LogP contribution >= 0.6 is 0 Å². The van der Waals surface area contributed by atoms with Crippen LogP contribution in [0.1, 0.15) is 19.9 Å². The fraction of sp³-hybridized carbons (Fsp3) is 0.263. The molecule has 132 valence electrons. The van der Waals surface area contributed by atoms with E-state index >= 15 is 0 Å². The number of hydrogen-bond donors (Lipinski definition) is 1. The largest absolute Gasteiger partial charge is 0.496 e. The second kappa shape index (κ2) is 6.44. The van der Waals surface area contributed by atoms with Gasteiger partial charge in [0.1, 0.15) is 5.75 Å². The number of methoxy groups -OCH3 is 1. The first-order chi connectivity index (χ1) is 11.8. The number of fused-ring (bicyclic) bond motifs is 1. The Hall–Kier alpha value is -2.47. The average Bonchev–Trinajstić information content (AvgIpc) is 2.92. The van der Waals surface area contributed by atoms with Crippen molar-refractivity contribution in [1.29, 1.82) is 0 Å². The predicted molar refractivity (Wildman–Crippen MR) is 103 cm³/mol. The Kier molecular flexibility index (Phi) is 4.47. The molecule has 0 amide bonds. The number of ether oxygens (including phenoxy) is 1. The topological polar surface area (TPSA) is 60.3 Å². The normalized spacial score (nSPS) is 11.9. The molecule has 0 fully saturated rings. The van der Waals surface area contributed by atoms with E-state index in [4.69, 9.17) is 4.74 Å². The third-order valence-electron chi connectivity index (χ3n) is 4.09. The molecular formula is C19H22N2O3S. The summed E-state index contributed by atoms with van der Waals surface area (Å²) in [6.45, 7) is 4.20. The molecule has 0 radical (unpaired) electrons. The Morgan fingerprint density at radius 2 is 1.80 bits per heavy atom. The molecule has 3 rings (SSSR count). The van der Waals surface area contributed by atoms with Crippen molar-refractivity contribution < 1.29 is 13.2 Å². The Labute approximate surface area is 148 Å². The maximum absolute atomic E-state index is 11.5. The van der Waals surface area contributed by atoms with Crippen LogP contribution < -0.4 is 9.46 Å². The van der Waals surface area contributed by atoms with Crippen molar-refractivity contribution in [3.63, 3.8) is 0 Å². The minimum atomic E-state index is -3.31. The minimum absolute atomic E-state index is 0.236. The standard InChI is InChI=1S/C19H22N2O3S/c1-13(2)21-12-17(16-7-5-6-8-19(16)24-3)15-10-9-14(11-18(15)21)20-25(4,22)23/h5-13,20H,1-4H3. The summed E-state index contributed by atoms with van der Waals surface area (Å²) in [5.74, 6) is 0.809. The molecule has 0 aliphatic heterocycles. The maximum Gasteiger partial charge on any atom is 0.229 e. The zero-order valence-corrected chi connectivity index (χ0v) is 15.6. The lowest BCUT2D eigenvalue weighted by Crippen LogP contribution is -2.09. The number of rotatable bonds is 5. The molecule has 2 aromatic carbocycles. The molecular weight excluding hydrogens is 336 g/mol. The van der Waals surface area contributed by atoms with Crippen LogP contribution in [0.3, 0.4) is 0 Å². The smallest absolute Gasteiger partial charge is 0.229 e. The van der Waals surface area contributed by atoms with Gasteiger partial charge in [0.25, 0.3) is 0 Å². The van der Waals surface area contributed by atoms with Crippen molar-refractivity contribution in [2.75, 3.05) is 18.1 Å². The Balaban J connectivity index is 2.24. The molecule has 3 aromatic rings. The Morgan fingerprint density at radius 3 is 2.44 bits per heavy atom. The molecule has 0 unspecified atom stereocenters. The van der Waals surface area contributed by atoms with Crippen molar-refractivity contribution in [1.82, 2.24) is 4.57 Å². The molecule has 0 aliphatic rings. The molecule has 1 aromatic heterocycles. The van der Waals surface area contributed by atoms with Gasteiger partial charge in [0.05, 0.1) is 24.6 Å². The highest BCUT2D eigenvalue weighted by Crippen LogP contribution is 2.38. The molecule has 0 bridgehead atoms. The number of hydrogen-bond acceptors (Lipinski definition) is 3. The van der Waals surface area contributed by atoms with E-state index in [1.807, 2.05) is 36.4 Å². The molecule has 5 nitrogen and oxygen atoms in total. The van der Waals surface area contributed by atoms with Crippen molar-refractivity contribution in [2.45, 2.75) is 19.9 Å². The van der Waals surface area contributed by atoms with E-state index in [0.717, 1.165) is 34.0 Å². The molecule has 1 heterocycles. The summed E-state index contributed by atoms with van der Waals surface area (Å²) in [5, 5.41) is 1.05. The van der Waals surface area contributed by atoms with Gasteiger partial charge in [-0.2, -0.15) is 0 Å². The number of benzene rings is 2. The van der Waals surface area contributed by atoms with Gasteiger partial charge in [-0.25, -0.2) is 8.42 Å². The highest BCUT2D eigenvalue weighted by molar-refractivity contribution is 7.92. The fourth-order valence-electron chi connectivity index (χ4n) is 3.04. The van der Waals surface area contributed by atoms with Crippen LogP contribution in [0.4, 0.5) is 5.69 Å². The van der Waals surface area contributed by atoms with Crippen LogP contribution in [-0.4, -0.2) is 26.4 Å². The van der Waals surface area contributed by atoms with E-state index in [2.05, 4.69) is 29.3 Å². The first kappa shape index (κ1) is 17.4.